The van der Waals surface area contributed by atoms with E-state index in [1.54, 1.807) is 0 Å². The predicted molar refractivity (Wildman–Crippen MR) is 57.2 cm³/mol. The van der Waals surface area contributed by atoms with Crippen molar-refractivity contribution >= 4 is 0 Å². The molecule has 0 fully saturated rings. The van der Waals surface area contributed by atoms with Crippen molar-refractivity contribution in [2.75, 3.05) is 6.54 Å². The fraction of sp³-hybridized carbons (Fsp3) is 0.727. The van der Waals surface area contributed by atoms with Gasteiger partial charge >= 0.3 is 0 Å². The summed E-state index contributed by atoms with van der Waals surface area (Å²) in [7, 11) is 0. The number of aryl methyl sites for hydroxylation is 2. The second-order valence-corrected chi connectivity index (χ2v) is 4.99. The van der Waals surface area contributed by atoms with Gasteiger partial charge in [-0.15, -0.1) is 0 Å². The number of nitrogens with zero attached hydrogens (tertiary/aromatic N) is 1. The van der Waals surface area contributed by atoms with E-state index >= 15 is 0 Å². The van der Waals surface area contributed by atoms with Crippen molar-refractivity contribution in [2.24, 2.45) is 11.1 Å². The van der Waals surface area contributed by atoms with E-state index in [0.29, 0.717) is 11.3 Å². The van der Waals surface area contributed by atoms with Crippen LogP contribution in [0.2, 0.25) is 0 Å². The minimum Gasteiger partial charge on any atom is -0.330 e. The Morgan fingerprint density at radius 1 is 1.57 bits per heavy atom. The van der Waals surface area contributed by atoms with Crippen molar-refractivity contribution in [3.63, 3.8) is 0 Å². The van der Waals surface area contributed by atoms with Crippen LogP contribution in [0.4, 0.5) is 0 Å². The van der Waals surface area contributed by atoms with Crippen molar-refractivity contribution in [3.05, 3.63) is 17.0 Å². The van der Waals surface area contributed by atoms with Crippen molar-refractivity contribution in [1.82, 2.24) is 10.2 Å². The summed E-state index contributed by atoms with van der Waals surface area (Å²) >= 11 is 0. The van der Waals surface area contributed by atoms with Crippen molar-refractivity contribution in [3.8, 4) is 0 Å². The van der Waals surface area contributed by atoms with Gasteiger partial charge in [-0.25, -0.2) is 0 Å². The second kappa shape index (κ2) is 3.09. The zero-order valence-electron chi connectivity index (χ0n) is 9.22. The average molecular weight is 193 g/mol. The molecule has 0 bridgehead atoms. The van der Waals surface area contributed by atoms with Crippen LogP contribution in [0.5, 0.6) is 0 Å². The fourth-order valence-corrected chi connectivity index (χ4v) is 2.58. The maximum absolute atomic E-state index is 5.88. The molecule has 0 aromatic carbocycles. The van der Waals surface area contributed by atoms with Crippen LogP contribution in [-0.2, 0) is 6.42 Å². The maximum Gasteiger partial charge on any atom is 0.0660 e. The average Bonchev–Trinajstić information content (AvgIpc) is 2.47. The molecular weight excluding hydrogens is 174 g/mol. The van der Waals surface area contributed by atoms with E-state index in [2.05, 4.69) is 31.0 Å². The lowest BCUT2D eigenvalue weighted by molar-refractivity contribution is 0.247. The number of rotatable bonds is 1. The number of aromatic nitrogens is 2. The van der Waals surface area contributed by atoms with E-state index in [0.717, 1.165) is 13.0 Å². The smallest absolute Gasteiger partial charge is 0.0660 e. The summed E-state index contributed by atoms with van der Waals surface area (Å²) in [4.78, 5) is 0. The van der Waals surface area contributed by atoms with Crippen LogP contribution in [-0.4, -0.2) is 16.7 Å². The molecule has 2 rings (SSSR count). The van der Waals surface area contributed by atoms with Gasteiger partial charge in [0.05, 0.1) is 5.69 Å². The summed E-state index contributed by atoms with van der Waals surface area (Å²) in [5.74, 6) is 0.463. The van der Waals surface area contributed by atoms with Gasteiger partial charge < -0.3 is 5.73 Å². The van der Waals surface area contributed by atoms with Crippen LogP contribution in [0.15, 0.2) is 0 Å². The lowest BCUT2D eigenvalue weighted by Crippen LogP contribution is -2.33. The molecule has 1 unspecified atom stereocenters. The van der Waals surface area contributed by atoms with Crippen LogP contribution >= 0.6 is 0 Å². The van der Waals surface area contributed by atoms with Crippen LogP contribution < -0.4 is 5.73 Å². The topological polar surface area (TPSA) is 54.7 Å². The Balaban J connectivity index is 2.48. The molecule has 0 saturated carbocycles. The SMILES string of the molecule is Cc1[nH]nc2c1C(CN)C(C)(C)CC2. The highest BCUT2D eigenvalue weighted by Crippen LogP contribution is 2.44. The first-order chi connectivity index (χ1) is 6.56. The molecule has 14 heavy (non-hydrogen) atoms. The molecule has 3 nitrogen and oxygen atoms in total. The highest BCUT2D eigenvalue weighted by atomic mass is 15.1. The summed E-state index contributed by atoms with van der Waals surface area (Å²) < 4.78 is 0. The normalized spacial score (nSPS) is 24.7. The van der Waals surface area contributed by atoms with E-state index in [-0.39, 0.29) is 0 Å². The molecule has 0 spiro atoms. The van der Waals surface area contributed by atoms with Gasteiger partial charge in [-0.1, -0.05) is 13.8 Å². The van der Waals surface area contributed by atoms with Gasteiger partial charge in [0.25, 0.3) is 0 Å². The molecule has 1 atom stereocenters. The van der Waals surface area contributed by atoms with Crippen LogP contribution in [0.25, 0.3) is 0 Å². The number of fused-ring (bicyclic) bond motifs is 1. The number of hydrogen-bond donors (Lipinski definition) is 2. The van der Waals surface area contributed by atoms with Gasteiger partial charge in [-0.3, -0.25) is 5.10 Å². The lowest BCUT2D eigenvalue weighted by atomic mass is 9.67. The zero-order valence-corrected chi connectivity index (χ0v) is 9.22. The Kier molecular flexibility index (Phi) is 2.14. The quantitative estimate of drug-likeness (QED) is 0.713. The number of hydrogen-bond acceptors (Lipinski definition) is 2. The Labute approximate surface area is 85.1 Å². The van der Waals surface area contributed by atoms with Crippen LogP contribution in [0.1, 0.15) is 43.1 Å². The fourth-order valence-electron chi connectivity index (χ4n) is 2.58. The summed E-state index contributed by atoms with van der Waals surface area (Å²) in [5, 5.41) is 7.42. The molecule has 0 saturated heterocycles. The van der Waals surface area contributed by atoms with Crippen molar-refractivity contribution < 1.29 is 0 Å². The monoisotopic (exact) mass is 193 g/mol. The summed E-state index contributed by atoms with van der Waals surface area (Å²) in [5.41, 5.74) is 10.0. The van der Waals surface area contributed by atoms with E-state index < -0.39 is 0 Å². The number of nitrogens with two attached hydrogens (primary N) is 1. The lowest BCUT2D eigenvalue weighted by Gasteiger charge is -2.37. The molecule has 0 radical (unpaired) electrons. The molecule has 1 aromatic rings. The predicted octanol–water partition coefficient (Wildman–Crippen LogP) is 1.73. The summed E-state index contributed by atoms with van der Waals surface area (Å²) in [6.07, 6.45) is 2.27. The van der Waals surface area contributed by atoms with Crippen molar-refractivity contribution in [2.45, 2.75) is 39.5 Å². The van der Waals surface area contributed by atoms with E-state index in [9.17, 15) is 0 Å². The summed E-state index contributed by atoms with van der Waals surface area (Å²) in [6.45, 7) is 7.43. The van der Waals surface area contributed by atoms with E-state index in [1.165, 1.54) is 23.4 Å². The molecule has 0 aliphatic heterocycles. The van der Waals surface area contributed by atoms with E-state index in [1.807, 2.05) is 0 Å². The molecular formula is C11H19N3. The van der Waals surface area contributed by atoms with Gasteiger partial charge in [0.2, 0.25) is 0 Å². The van der Waals surface area contributed by atoms with Gasteiger partial charge in [0.15, 0.2) is 0 Å². The maximum atomic E-state index is 5.88. The minimum absolute atomic E-state index is 0.316. The van der Waals surface area contributed by atoms with Gasteiger partial charge in [0, 0.05) is 17.2 Å². The van der Waals surface area contributed by atoms with Crippen LogP contribution in [0, 0.1) is 12.3 Å². The highest BCUT2D eigenvalue weighted by molar-refractivity contribution is 5.33. The molecule has 3 N–H and O–H groups in total. The van der Waals surface area contributed by atoms with Gasteiger partial charge in [-0.05, 0) is 31.7 Å². The molecule has 1 heterocycles. The first-order valence-electron chi connectivity index (χ1n) is 5.30. The zero-order chi connectivity index (χ0) is 10.3. The largest absolute Gasteiger partial charge is 0.330 e. The molecule has 1 aliphatic carbocycles. The Morgan fingerprint density at radius 2 is 2.29 bits per heavy atom. The van der Waals surface area contributed by atoms with Crippen molar-refractivity contribution in [1.29, 1.82) is 0 Å². The van der Waals surface area contributed by atoms with Crippen LogP contribution in [0.3, 0.4) is 0 Å². The number of aromatic amines is 1. The first kappa shape index (κ1) is 9.71. The molecule has 1 aromatic heterocycles. The first-order valence-corrected chi connectivity index (χ1v) is 5.30. The van der Waals surface area contributed by atoms with Gasteiger partial charge in [0.1, 0.15) is 0 Å². The Hall–Kier alpha value is -0.830. The minimum atomic E-state index is 0.316. The second-order valence-electron chi connectivity index (χ2n) is 4.99. The molecule has 78 valence electrons. The third-order valence-electron chi connectivity index (χ3n) is 3.61. The third-order valence-corrected chi connectivity index (χ3v) is 3.61. The Bertz CT molecular complexity index is 338. The number of nitrogens with one attached hydrogen (secondary N) is 1. The van der Waals surface area contributed by atoms with Gasteiger partial charge in [-0.2, -0.15) is 5.10 Å². The summed E-state index contributed by atoms with van der Waals surface area (Å²) in [6, 6.07) is 0. The standard InChI is InChI=1S/C11H19N3/c1-7-10-8(6-12)11(2,3)5-4-9(10)14-13-7/h8H,4-6,12H2,1-3H3,(H,13,14). The van der Waals surface area contributed by atoms with E-state index in [4.69, 9.17) is 5.73 Å². The molecule has 1 aliphatic rings. The molecule has 3 heteroatoms. The Morgan fingerprint density at radius 3 is 2.93 bits per heavy atom. The highest BCUT2D eigenvalue weighted by Gasteiger charge is 2.37. The number of H-pyrrole nitrogens is 1. The molecule has 0 amide bonds. The third kappa shape index (κ3) is 1.27.